The molecule has 1 aromatic heterocycles. The molecule has 2 aromatic rings. The number of anilines is 2. The zero-order chi connectivity index (χ0) is 15.5. The van der Waals surface area contributed by atoms with Gasteiger partial charge >= 0.3 is 0 Å². The summed E-state index contributed by atoms with van der Waals surface area (Å²) in [6, 6.07) is 9.78. The lowest BCUT2D eigenvalue weighted by molar-refractivity contribution is 0.0786. The largest absolute Gasteiger partial charge is 0.340 e. The van der Waals surface area contributed by atoms with Gasteiger partial charge in [-0.15, -0.1) is 0 Å². The standard InChI is InChI=1S/C17H20N4O/c1-12-6-5-7-14(10-12)20-16-11-15(18-13(2)19-16)17(22)21-8-3-4-9-21/h5-7,10-11H,3-4,8-9H2,1-2H3,(H,18,19,20). The number of carbonyl (C=O) groups excluding carboxylic acids is 1. The van der Waals surface area contributed by atoms with Gasteiger partial charge in [0.15, 0.2) is 0 Å². The van der Waals surface area contributed by atoms with Crippen molar-refractivity contribution in [3.8, 4) is 0 Å². The van der Waals surface area contributed by atoms with Crippen LogP contribution in [0.25, 0.3) is 0 Å². The number of nitrogens with one attached hydrogen (secondary N) is 1. The van der Waals surface area contributed by atoms with Crippen molar-refractivity contribution < 1.29 is 4.79 Å². The van der Waals surface area contributed by atoms with Crippen molar-refractivity contribution in [1.82, 2.24) is 14.9 Å². The molecule has 0 atom stereocenters. The highest BCUT2D eigenvalue weighted by atomic mass is 16.2. The average molecular weight is 296 g/mol. The van der Waals surface area contributed by atoms with Gasteiger partial charge in [0.1, 0.15) is 17.3 Å². The SMILES string of the molecule is Cc1cccc(Nc2cc(C(=O)N3CCCC3)nc(C)n2)c1. The maximum absolute atomic E-state index is 12.5. The summed E-state index contributed by atoms with van der Waals surface area (Å²) in [6.45, 7) is 5.49. The van der Waals surface area contributed by atoms with E-state index in [1.54, 1.807) is 6.07 Å². The van der Waals surface area contributed by atoms with Crippen LogP contribution in [0.1, 0.15) is 34.7 Å². The van der Waals surface area contributed by atoms with Crippen LogP contribution in [0.2, 0.25) is 0 Å². The van der Waals surface area contributed by atoms with E-state index in [9.17, 15) is 4.79 Å². The van der Waals surface area contributed by atoms with Crippen LogP contribution in [-0.2, 0) is 0 Å². The van der Waals surface area contributed by atoms with Crippen molar-refractivity contribution in [1.29, 1.82) is 0 Å². The van der Waals surface area contributed by atoms with Gasteiger partial charge in [0, 0.05) is 24.8 Å². The first-order valence-corrected chi connectivity index (χ1v) is 7.60. The predicted molar refractivity (Wildman–Crippen MR) is 86.4 cm³/mol. The minimum atomic E-state index is -0.00436. The van der Waals surface area contributed by atoms with Gasteiger partial charge in [-0.25, -0.2) is 9.97 Å². The Morgan fingerprint density at radius 3 is 2.64 bits per heavy atom. The highest BCUT2D eigenvalue weighted by Gasteiger charge is 2.21. The van der Waals surface area contributed by atoms with Gasteiger partial charge in [-0.1, -0.05) is 12.1 Å². The predicted octanol–water partition coefficient (Wildman–Crippen LogP) is 3.07. The number of hydrogen-bond donors (Lipinski definition) is 1. The number of rotatable bonds is 3. The third-order valence-electron chi connectivity index (χ3n) is 3.74. The van der Waals surface area contributed by atoms with Crippen molar-refractivity contribution in [3.05, 3.63) is 47.4 Å². The van der Waals surface area contributed by atoms with Crippen LogP contribution in [0.4, 0.5) is 11.5 Å². The highest BCUT2D eigenvalue weighted by molar-refractivity contribution is 5.93. The number of hydrogen-bond acceptors (Lipinski definition) is 4. The lowest BCUT2D eigenvalue weighted by Crippen LogP contribution is -2.28. The van der Waals surface area contributed by atoms with E-state index in [-0.39, 0.29) is 5.91 Å². The van der Waals surface area contributed by atoms with Crippen molar-refractivity contribution in [2.45, 2.75) is 26.7 Å². The van der Waals surface area contributed by atoms with Gasteiger partial charge in [0.25, 0.3) is 5.91 Å². The second-order valence-corrected chi connectivity index (χ2v) is 5.68. The molecular weight excluding hydrogens is 276 g/mol. The third kappa shape index (κ3) is 3.24. The molecule has 114 valence electrons. The number of likely N-dealkylation sites (tertiary alicyclic amines) is 1. The molecule has 1 fully saturated rings. The van der Waals surface area contributed by atoms with E-state index in [2.05, 4.69) is 15.3 Å². The number of carbonyl (C=O) groups is 1. The zero-order valence-corrected chi connectivity index (χ0v) is 13.0. The molecule has 1 amide bonds. The molecule has 1 aromatic carbocycles. The number of aromatic nitrogens is 2. The Kier molecular flexibility index (Phi) is 4.04. The number of amides is 1. The van der Waals surface area contributed by atoms with E-state index in [1.807, 2.05) is 43.0 Å². The normalized spacial score (nSPS) is 14.2. The van der Waals surface area contributed by atoms with E-state index in [1.165, 1.54) is 5.56 Å². The molecule has 1 saturated heterocycles. The quantitative estimate of drug-likeness (QED) is 0.945. The molecule has 0 aliphatic carbocycles. The molecule has 0 saturated carbocycles. The fraction of sp³-hybridized carbons (Fsp3) is 0.353. The van der Waals surface area contributed by atoms with Crippen LogP contribution in [-0.4, -0.2) is 33.9 Å². The second kappa shape index (κ2) is 6.13. The molecule has 3 rings (SSSR count). The lowest BCUT2D eigenvalue weighted by Gasteiger charge is -2.15. The maximum atomic E-state index is 12.5. The molecular formula is C17H20N4O. The summed E-state index contributed by atoms with van der Waals surface area (Å²) < 4.78 is 0. The number of aryl methyl sites for hydroxylation is 2. The van der Waals surface area contributed by atoms with Crippen molar-refractivity contribution >= 4 is 17.4 Å². The summed E-state index contributed by atoms with van der Waals surface area (Å²) in [5.74, 6) is 1.25. The number of benzene rings is 1. The Morgan fingerprint density at radius 2 is 1.91 bits per heavy atom. The van der Waals surface area contributed by atoms with Crippen LogP contribution in [0.15, 0.2) is 30.3 Å². The van der Waals surface area contributed by atoms with Crippen LogP contribution in [0.3, 0.4) is 0 Å². The molecule has 22 heavy (non-hydrogen) atoms. The van der Waals surface area contributed by atoms with E-state index in [0.29, 0.717) is 17.3 Å². The summed E-state index contributed by atoms with van der Waals surface area (Å²) in [5.41, 5.74) is 2.59. The first kappa shape index (κ1) is 14.5. The zero-order valence-electron chi connectivity index (χ0n) is 13.0. The number of nitrogens with zero attached hydrogens (tertiary/aromatic N) is 3. The third-order valence-corrected chi connectivity index (χ3v) is 3.74. The van der Waals surface area contributed by atoms with Gasteiger partial charge in [-0.3, -0.25) is 4.79 Å². The maximum Gasteiger partial charge on any atom is 0.272 e. The molecule has 5 nitrogen and oxygen atoms in total. The first-order chi connectivity index (χ1) is 10.6. The van der Waals surface area contributed by atoms with Crippen LogP contribution in [0.5, 0.6) is 0 Å². The van der Waals surface area contributed by atoms with Gasteiger partial charge in [0.05, 0.1) is 0 Å². The Labute approximate surface area is 130 Å². The van der Waals surface area contributed by atoms with Crippen LogP contribution >= 0.6 is 0 Å². The minimum absolute atomic E-state index is 0.00436. The molecule has 0 spiro atoms. The lowest BCUT2D eigenvalue weighted by atomic mass is 10.2. The fourth-order valence-electron chi connectivity index (χ4n) is 2.69. The molecule has 0 bridgehead atoms. The fourth-order valence-corrected chi connectivity index (χ4v) is 2.69. The molecule has 2 heterocycles. The minimum Gasteiger partial charge on any atom is -0.340 e. The average Bonchev–Trinajstić information content (AvgIpc) is 3.00. The Morgan fingerprint density at radius 1 is 1.14 bits per heavy atom. The Balaban J connectivity index is 1.84. The van der Waals surface area contributed by atoms with Crippen LogP contribution < -0.4 is 5.32 Å². The second-order valence-electron chi connectivity index (χ2n) is 5.68. The summed E-state index contributed by atoms with van der Waals surface area (Å²) in [6.07, 6.45) is 2.15. The van der Waals surface area contributed by atoms with Crippen LogP contribution in [0, 0.1) is 13.8 Å². The van der Waals surface area contributed by atoms with Crippen molar-refractivity contribution in [3.63, 3.8) is 0 Å². The molecule has 1 aliphatic heterocycles. The van der Waals surface area contributed by atoms with E-state index < -0.39 is 0 Å². The highest BCUT2D eigenvalue weighted by Crippen LogP contribution is 2.18. The topological polar surface area (TPSA) is 58.1 Å². The van der Waals surface area contributed by atoms with E-state index in [4.69, 9.17) is 0 Å². The summed E-state index contributed by atoms with van der Waals surface area (Å²) in [4.78, 5) is 23.0. The smallest absolute Gasteiger partial charge is 0.272 e. The van der Waals surface area contributed by atoms with Gasteiger partial charge in [-0.05, 0) is 44.4 Å². The molecule has 5 heteroatoms. The molecule has 1 aliphatic rings. The summed E-state index contributed by atoms with van der Waals surface area (Å²) in [7, 11) is 0. The van der Waals surface area contributed by atoms with Crippen molar-refractivity contribution in [2.75, 3.05) is 18.4 Å². The van der Waals surface area contributed by atoms with Crippen molar-refractivity contribution in [2.24, 2.45) is 0 Å². The van der Waals surface area contributed by atoms with E-state index in [0.717, 1.165) is 31.6 Å². The van der Waals surface area contributed by atoms with Gasteiger partial charge < -0.3 is 10.2 Å². The first-order valence-electron chi connectivity index (χ1n) is 7.60. The van der Waals surface area contributed by atoms with E-state index >= 15 is 0 Å². The summed E-state index contributed by atoms with van der Waals surface area (Å²) in [5, 5.41) is 3.25. The van der Waals surface area contributed by atoms with Gasteiger partial charge in [-0.2, -0.15) is 0 Å². The molecule has 1 N–H and O–H groups in total. The Bertz CT molecular complexity index is 693. The molecule has 0 radical (unpaired) electrons. The van der Waals surface area contributed by atoms with Gasteiger partial charge in [0.2, 0.25) is 0 Å². The monoisotopic (exact) mass is 296 g/mol. The Hall–Kier alpha value is -2.43. The molecule has 0 unspecified atom stereocenters. The summed E-state index contributed by atoms with van der Waals surface area (Å²) >= 11 is 0.